The number of benzene rings is 2. The second-order valence-corrected chi connectivity index (χ2v) is 8.47. The molecule has 2 aromatic rings. The van der Waals surface area contributed by atoms with Gasteiger partial charge in [-0.05, 0) is 47.9 Å². The van der Waals surface area contributed by atoms with Gasteiger partial charge in [-0.2, -0.15) is 0 Å². The van der Waals surface area contributed by atoms with E-state index in [2.05, 4.69) is 24.3 Å². The van der Waals surface area contributed by atoms with Gasteiger partial charge in [0.05, 0.1) is 0 Å². The van der Waals surface area contributed by atoms with Gasteiger partial charge < -0.3 is 9.84 Å². The number of ether oxygens (including phenoxy) is 1. The molecule has 0 bridgehead atoms. The van der Waals surface area contributed by atoms with Crippen LogP contribution < -0.4 is 0 Å². The first-order chi connectivity index (χ1) is 14.6. The lowest BCUT2D eigenvalue weighted by Gasteiger charge is -2.32. The monoisotopic (exact) mass is 407 g/mol. The molecule has 1 amide bonds. The van der Waals surface area contributed by atoms with Gasteiger partial charge >= 0.3 is 12.1 Å². The predicted molar refractivity (Wildman–Crippen MR) is 115 cm³/mol. The predicted octanol–water partition coefficient (Wildman–Crippen LogP) is 5.29. The number of nitrogens with zero attached hydrogens (tertiary/aromatic N) is 1. The number of carbonyl (C=O) groups is 2. The molecule has 1 N–H and O–H groups in total. The van der Waals surface area contributed by atoms with Crippen LogP contribution in [0.4, 0.5) is 4.79 Å². The summed E-state index contributed by atoms with van der Waals surface area (Å²) < 4.78 is 5.74. The number of amides is 1. The summed E-state index contributed by atoms with van der Waals surface area (Å²) >= 11 is 0. The Bertz CT molecular complexity index is 873. The molecule has 4 rings (SSSR count). The summed E-state index contributed by atoms with van der Waals surface area (Å²) in [6, 6.07) is 15.5. The molecule has 0 aliphatic heterocycles. The minimum Gasteiger partial charge on any atom is -0.480 e. The number of hydrogen-bond donors (Lipinski definition) is 1. The first kappa shape index (κ1) is 20.5. The van der Waals surface area contributed by atoms with Gasteiger partial charge in [0, 0.05) is 12.5 Å². The lowest BCUT2D eigenvalue weighted by atomic mass is 9.89. The fraction of sp³-hybridized carbons (Fsp3) is 0.440. The highest BCUT2D eigenvalue weighted by Crippen LogP contribution is 2.44. The fourth-order valence-corrected chi connectivity index (χ4v) is 4.85. The van der Waals surface area contributed by atoms with E-state index < -0.39 is 18.1 Å². The van der Waals surface area contributed by atoms with Crippen LogP contribution in [0.3, 0.4) is 0 Å². The average Bonchev–Trinajstić information content (AvgIpc) is 3.10. The highest BCUT2D eigenvalue weighted by molar-refractivity contribution is 5.81. The highest BCUT2D eigenvalue weighted by atomic mass is 16.6. The highest BCUT2D eigenvalue weighted by Gasteiger charge is 2.33. The standard InChI is InChI=1S/C25H29NO4/c1-17(24(27)28)26(15-18-9-3-2-4-10-18)25(29)30-16-23-21-13-7-5-11-19(21)20-12-6-8-14-22(20)23/h5-8,11-14,17-18,23H,2-4,9-10,15-16H2,1H3,(H,27,28)/t17-/m0/s1. The first-order valence-corrected chi connectivity index (χ1v) is 10.9. The number of aliphatic carboxylic acids is 1. The summed E-state index contributed by atoms with van der Waals surface area (Å²) in [5.74, 6) is -0.682. The van der Waals surface area contributed by atoms with E-state index in [4.69, 9.17) is 4.74 Å². The number of fused-ring (bicyclic) bond motifs is 3. The largest absolute Gasteiger partial charge is 0.480 e. The SMILES string of the molecule is C[C@@H](C(=O)O)N(CC1CCCCC1)C(=O)OCC1c2ccccc2-c2ccccc21. The van der Waals surface area contributed by atoms with Crippen molar-refractivity contribution in [2.24, 2.45) is 5.92 Å². The van der Waals surface area contributed by atoms with Crippen LogP contribution in [0.2, 0.25) is 0 Å². The van der Waals surface area contributed by atoms with Crippen molar-refractivity contribution in [3.8, 4) is 11.1 Å². The van der Waals surface area contributed by atoms with Gasteiger partial charge in [0.15, 0.2) is 0 Å². The van der Waals surface area contributed by atoms with Crippen molar-refractivity contribution in [2.45, 2.75) is 51.0 Å². The van der Waals surface area contributed by atoms with Crippen molar-refractivity contribution in [2.75, 3.05) is 13.2 Å². The molecule has 30 heavy (non-hydrogen) atoms. The smallest absolute Gasteiger partial charge is 0.410 e. The molecule has 0 spiro atoms. The lowest BCUT2D eigenvalue weighted by molar-refractivity contribution is -0.142. The average molecular weight is 408 g/mol. The Morgan fingerprint density at radius 1 is 1.00 bits per heavy atom. The molecule has 1 fully saturated rings. The zero-order valence-electron chi connectivity index (χ0n) is 17.4. The van der Waals surface area contributed by atoms with E-state index in [1.807, 2.05) is 24.3 Å². The van der Waals surface area contributed by atoms with Crippen LogP contribution in [-0.4, -0.2) is 41.3 Å². The number of rotatable bonds is 6. The summed E-state index contributed by atoms with van der Waals surface area (Å²) in [5.41, 5.74) is 4.65. The van der Waals surface area contributed by atoms with E-state index in [-0.39, 0.29) is 12.5 Å². The van der Waals surface area contributed by atoms with Crippen LogP contribution >= 0.6 is 0 Å². The number of carbonyl (C=O) groups excluding carboxylic acids is 1. The van der Waals surface area contributed by atoms with Crippen LogP contribution in [0.25, 0.3) is 11.1 Å². The van der Waals surface area contributed by atoms with Crippen molar-refractivity contribution in [1.29, 1.82) is 0 Å². The topological polar surface area (TPSA) is 66.8 Å². The second kappa shape index (κ2) is 8.90. The van der Waals surface area contributed by atoms with E-state index in [0.717, 1.165) is 36.8 Å². The van der Waals surface area contributed by atoms with Gasteiger partial charge in [0.1, 0.15) is 12.6 Å². The Morgan fingerprint density at radius 2 is 1.57 bits per heavy atom. The van der Waals surface area contributed by atoms with Crippen LogP contribution in [0.5, 0.6) is 0 Å². The maximum absolute atomic E-state index is 13.0. The van der Waals surface area contributed by atoms with Crippen LogP contribution in [0, 0.1) is 5.92 Å². The maximum atomic E-state index is 13.0. The van der Waals surface area contributed by atoms with Crippen LogP contribution in [0.15, 0.2) is 48.5 Å². The van der Waals surface area contributed by atoms with Gasteiger partial charge in [-0.15, -0.1) is 0 Å². The van der Waals surface area contributed by atoms with Gasteiger partial charge in [-0.1, -0.05) is 67.8 Å². The second-order valence-electron chi connectivity index (χ2n) is 8.47. The summed E-state index contributed by atoms with van der Waals surface area (Å²) in [5, 5.41) is 9.52. The molecule has 5 nitrogen and oxygen atoms in total. The van der Waals surface area contributed by atoms with Gasteiger partial charge in [-0.25, -0.2) is 9.59 Å². The molecule has 0 aromatic heterocycles. The summed E-state index contributed by atoms with van der Waals surface area (Å²) in [7, 11) is 0. The summed E-state index contributed by atoms with van der Waals surface area (Å²) in [4.78, 5) is 26.0. The van der Waals surface area contributed by atoms with Crippen molar-refractivity contribution in [1.82, 2.24) is 4.90 Å². The molecule has 0 radical (unpaired) electrons. The fourth-order valence-electron chi connectivity index (χ4n) is 4.85. The van der Waals surface area contributed by atoms with E-state index in [1.165, 1.54) is 22.4 Å². The van der Waals surface area contributed by atoms with Crippen molar-refractivity contribution in [3.63, 3.8) is 0 Å². The lowest BCUT2D eigenvalue weighted by Crippen LogP contribution is -2.46. The minimum absolute atomic E-state index is 0.0296. The van der Waals surface area contributed by atoms with Crippen molar-refractivity contribution in [3.05, 3.63) is 59.7 Å². The molecule has 158 valence electrons. The molecular weight excluding hydrogens is 378 g/mol. The Labute approximate surface area is 177 Å². The number of hydrogen-bond acceptors (Lipinski definition) is 3. The van der Waals surface area contributed by atoms with Gasteiger partial charge in [0.25, 0.3) is 0 Å². The molecule has 2 aliphatic rings. The molecule has 0 saturated heterocycles. The summed E-state index contributed by atoms with van der Waals surface area (Å²) in [6.45, 7) is 2.22. The van der Waals surface area contributed by atoms with Crippen LogP contribution in [0.1, 0.15) is 56.1 Å². The van der Waals surface area contributed by atoms with Crippen molar-refractivity contribution < 1.29 is 19.4 Å². The Morgan fingerprint density at radius 3 is 2.13 bits per heavy atom. The third-order valence-electron chi connectivity index (χ3n) is 6.58. The molecule has 0 heterocycles. The normalized spacial score (nSPS) is 17.1. The zero-order chi connectivity index (χ0) is 21.1. The third kappa shape index (κ3) is 4.07. The first-order valence-electron chi connectivity index (χ1n) is 10.9. The third-order valence-corrected chi connectivity index (χ3v) is 6.58. The number of carboxylic acid groups (broad SMARTS) is 1. The minimum atomic E-state index is -1.00. The molecule has 1 saturated carbocycles. The maximum Gasteiger partial charge on any atom is 0.410 e. The molecule has 0 unspecified atom stereocenters. The number of carboxylic acids is 1. The van der Waals surface area contributed by atoms with Crippen LogP contribution in [-0.2, 0) is 9.53 Å². The molecule has 1 atom stereocenters. The van der Waals surface area contributed by atoms with E-state index in [9.17, 15) is 14.7 Å². The Balaban J connectivity index is 1.49. The van der Waals surface area contributed by atoms with E-state index in [1.54, 1.807) is 6.92 Å². The van der Waals surface area contributed by atoms with E-state index >= 15 is 0 Å². The van der Waals surface area contributed by atoms with E-state index in [0.29, 0.717) is 12.5 Å². The quantitative estimate of drug-likeness (QED) is 0.706. The Hall–Kier alpha value is -2.82. The molecule has 2 aliphatic carbocycles. The zero-order valence-corrected chi connectivity index (χ0v) is 17.4. The summed E-state index contributed by atoms with van der Waals surface area (Å²) in [6.07, 6.45) is 5.06. The Kier molecular flexibility index (Phi) is 6.07. The molecule has 2 aromatic carbocycles. The van der Waals surface area contributed by atoms with Crippen molar-refractivity contribution >= 4 is 12.1 Å². The molecular formula is C25H29NO4. The molecule has 5 heteroatoms. The van der Waals surface area contributed by atoms with Gasteiger partial charge in [-0.3, -0.25) is 4.90 Å². The van der Waals surface area contributed by atoms with Gasteiger partial charge in [0.2, 0.25) is 0 Å².